The predicted octanol–water partition coefficient (Wildman–Crippen LogP) is 5.16. The molecule has 0 saturated carbocycles. The first kappa shape index (κ1) is 22.0. The average Bonchev–Trinajstić information content (AvgIpc) is 3.08. The van der Waals surface area contributed by atoms with E-state index in [9.17, 15) is 9.59 Å². The number of fused-ring (bicyclic) bond motifs is 1. The summed E-state index contributed by atoms with van der Waals surface area (Å²) < 4.78 is 9.27. The lowest BCUT2D eigenvalue weighted by Crippen LogP contribution is -2.16. The molecule has 0 amide bonds. The molecule has 7 heteroatoms. The zero-order chi connectivity index (χ0) is 22.7. The Morgan fingerprint density at radius 3 is 2.88 bits per heavy atom. The molecule has 0 aliphatic heterocycles. The van der Waals surface area contributed by atoms with Crippen molar-refractivity contribution in [1.82, 2.24) is 9.55 Å². The number of anilines is 1. The molecule has 0 unspecified atom stereocenters. The zero-order valence-corrected chi connectivity index (χ0v) is 19.7. The largest absolute Gasteiger partial charge is 0.461 e. The Hall–Kier alpha value is -3.20. The number of ether oxygens (including phenoxy) is 1. The van der Waals surface area contributed by atoms with Gasteiger partial charge in [0, 0.05) is 41.2 Å². The van der Waals surface area contributed by atoms with Gasteiger partial charge < -0.3 is 15.0 Å². The lowest BCUT2D eigenvalue weighted by atomic mass is 9.93. The van der Waals surface area contributed by atoms with Crippen LogP contribution in [0.25, 0.3) is 22.6 Å². The Kier molecular flexibility index (Phi) is 6.55. The summed E-state index contributed by atoms with van der Waals surface area (Å²) in [5.41, 5.74) is 10.1. The third-order valence-corrected chi connectivity index (χ3v) is 5.63. The molecule has 0 radical (unpaired) electrons. The van der Waals surface area contributed by atoms with E-state index in [1.165, 1.54) is 0 Å². The van der Waals surface area contributed by atoms with Gasteiger partial charge in [-0.1, -0.05) is 46.9 Å². The molecule has 2 N–H and O–H groups in total. The molecule has 0 fully saturated rings. The molecule has 32 heavy (non-hydrogen) atoms. The third-order valence-electron chi connectivity index (χ3n) is 5.27. The van der Waals surface area contributed by atoms with Crippen LogP contribution < -0.4 is 5.73 Å². The van der Waals surface area contributed by atoms with Crippen LogP contribution in [0.1, 0.15) is 40.5 Å². The van der Waals surface area contributed by atoms with Crippen LogP contribution in [0.15, 0.2) is 58.8 Å². The first-order valence-corrected chi connectivity index (χ1v) is 11.5. The number of allylic oxidation sites excluding steroid dienone is 4. The SMILES string of the molecule is CCOC(=O)c1c(C2=CC=CCC2=O)c2cc(/C=C/I)ccc2n1Cc1ccnc(N)c1. The first-order chi connectivity index (χ1) is 15.5. The number of esters is 1. The van der Waals surface area contributed by atoms with Gasteiger partial charge in [-0.25, -0.2) is 9.78 Å². The third kappa shape index (κ3) is 4.25. The molecule has 2 aromatic heterocycles. The number of carbonyl (C=O) groups is 2. The molecule has 0 atom stereocenters. The summed E-state index contributed by atoms with van der Waals surface area (Å²) in [5, 5.41) is 0.831. The zero-order valence-electron chi connectivity index (χ0n) is 17.5. The lowest BCUT2D eigenvalue weighted by Gasteiger charge is -2.13. The summed E-state index contributed by atoms with van der Waals surface area (Å²) in [7, 11) is 0. The van der Waals surface area contributed by atoms with E-state index in [0.717, 1.165) is 22.0 Å². The highest BCUT2D eigenvalue weighted by Crippen LogP contribution is 2.36. The fraction of sp³-hybridized carbons (Fsp3) is 0.160. The molecule has 162 valence electrons. The van der Waals surface area contributed by atoms with Gasteiger partial charge >= 0.3 is 5.97 Å². The minimum atomic E-state index is -0.463. The fourth-order valence-electron chi connectivity index (χ4n) is 3.94. The maximum absolute atomic E-state index is 13.2. The van der Waals surface area contributed by atoms with E-state index in [-0.39, 0.29) is 12.4 Å². The Labute approximate surface area is 199 Å². The van der Waals surface area contributed by atoms with Crippen molar-refractivity contribution in [3.8, 4) is 0 Å². The molecular formula is C25H22IN3O3. The number of Topliss-reactive ketones (excluding diaryl/α,β-unsaturated/α-hetero) is 1. The van der Waals surface area contributed by atoms with Crippen LogP contribution >= 0.6 is 22.6 Å². The number of ketones is 1. The minimum absolute atomic E-state index is 0.0277. The summed E-state index contributed by atoms with van der Waals surface area (Å²) >= 11 is 2.17. The van der Waals surface area contributed by atoms with Gasteiger partial charge in [0.1, 0.15) is 11.5 Å². The highest BCUT2D eigenvalue weighted by Gasteiger charge is 2.29. The van der Waals surface area contributed by atoms with Crippen LogP contribution in [0.3, 0.4) is 0 Å². The van der Waals surface area contributed by atoms with Gasteiger partial charge in [-0.05, 0) is 52.5 Å². The molecule has 6 nitrogen and oxygen atoms in total. The number of nitrogen functional groups attached to an aromatic ring is 1. The van der Waals surface area contributed by atoms with E-state index in [1.807, 2.05) is 51.1 Å². The van der Waals surface area contributed by atoms with Crippen molar-refractivity contribution < 1.29 is 14.3 Å². The molecule has 1 aliphatic rings. The summed E-state index contributed by atoms with van der Waals surface area (Å²) in [4.78, 5) is 30.2. The van der Waals surface area contributed by atoms with Crippen molar-refractivity contribution in [3.05, 3.63) is 81.2 Å². The maximum Gasteiger partial charge on any atom is 0.355 e. The van der Waals surface area contributed by atoms with Crippen molar-refractivity contribution >= 4 is 62.7 Å². The Morgan fingerprint density at radius 1 is 1.31 bits per heavy atom. The Bertz CT molecular complexity index is 1300. The summed E-state index contributed by atoms with van der Waals surface area (Å²) in [5.74, 6) is -0.0864. The smallest absolute Gasteiger partial charge is 0.355 e. The van der Waals surface area contributed by atoms with Gasteiger partial charge in [-0.2, -0.15) is 0 Å². The molecule has 0 saturated heterocycles. The van der Waals surface area contributed by atoms with E-state index < -0.39 is 5.97 Å². The van der Waals surface area contributed by atoms with Gasteiger partial charge in [0.15, 0.2) is 5.78 Å². The van der Waals surface area contributed by atoms with Crippen LogP contribution in [0.5, 0.6) is 0 Å². The molecule has 4 rings (SSSR count). The van der Waals surface area contributed by atoms with Crippen molar-refractivity contribution in [1.29, 1.82) is 0 Å². The number of aromatic nitrogens is 2. The molecule has 0 spiro atoms. The normalized spacial score (nSPS) is 13.7. The topological polar surface area (TPSA) is 87.2 Å². The number of nitrogens with two attached hydrogens (primary N) is 1. The predicted molar refractivity (Wildman–Crippen MR) is 135 cm³/mol. The molecular weight excluding hydrogens is 517 g/mol. The van der Waals surface area contributed by atoms with Crippen LogP contribution in [0, 0.1) is 0 Å². The number of nitrogens with zero attached hydrogens (tertiary/aromatic N) is 2. The van der Waals surface area contributed by atoms with Crippen molar-refractivity contribution in [2.45, 2.75) is 19.9 Å². The maximum atomic E-state index is 13.2. The number of hydrogen-bond donors (Lipinski definition) is 1. The summed E-state index contributed by atoms with van der Waals surface area (Å²) in [6, 6.07) is 9.61. The average molecular weight is 539 g/mol. The van der Waals surface area contributed by atoms with Crippen LogP contribution in [-0.4, -0.2) is 27.9 Å². The van der Waals surface area contributed by atoms with Crippen molar-refractivity contribution in [3.63, 3.8) is 0 Å². The van der Waals surface area contributed by atoms with Crippen LogP contribution in [-0.2, 0) is 16.1 Å². The Morgan fingerprint density at radius 2 is 2.16 bits per heavy atom. The second kappa shape index (κ2) is 9.52. The lowest BCUT2D eigenvalue weighted by molar-refractivity contribution is -0.113. The minimum Gasteiger partial charge on any atom is -0.461 e. The highest BCUT2D eigenvalue weighted by atomic mass is 127. The van der Waals surface area contributed by atoms with E-state index in [1.54, 1.807) is 25.3 Å². The quantitative estimate of drug-likeness (QED) is 0.346. The second-order valence-electron chi connectivity index (χ2n) is 7.32. The van der Waals surface area contributed by atoms with Gasteiger partial charge in [0.05, 0.1) is 6.61 Å². The fourth-order valence-corrected chi connectivity index (χ4v) is 4.35. The van der Waals surface area contributed by atoms with Crippen molar-refractivity contribution in [2.24, 2.45) is 0 Å². The van der Waals surface area contributed by atoms with E-state index in [2.05, 4.69) is 27.6 Å². The molecule has 1 aliphatic carbocycles. The van der Waals surface area contributed by atoms with Gasteiger partial charge in [0.2, 0.25) is 0 Å². The van der Waals surface area contributed by atoms with Gasteiger partial charge in [0.25, 0.3) is 0 Å². The standard InChI is InChI=1S/C25H22IN3O3/c1-2-32-25(31)24-23(18-5-3-4-6-21(18)30)19-13-16(9-11-26)7-8-20(19)29(24)15-17-10-12-28-22(27)14-17/h3-5,7-14H,2,6,15H2,1H3,(H2,27,28)/b11-9+. The second-order valence-corrected chi connectivity index (χ2v) is 8.04. The van der Waals surface area contributed by atoms with Crippen LogP contribution in [0.2, 0.25) is 0 Å². The van der Waals surface area contributed by atoms with Gasteiger partial charge in [-0.3, -0.25) is 4.79 Å². The highest BCUT2D eigenvalue weighted by molar-refractivity contribution is 14.1. The van der Waals surface area contributed by atoms with E-state index in [0.29, 0.717) is 35.6 Å². The molecule has 3 aromatic rings. The number of rotatable bonds is 6. The van der Waals surface area contributed by atoms with Crippen LogP contribution in [0.4, 0.5) is 5.82 Å². The number of pyridine rings is 1. The molecule has 1 aromatic carbocycles. The number of carbonyl (C=O) groups excluding carboxylic acids is 2. The summed E-state index contributed by atoms with van der Waals surface area (Å²) in [6.45, 7) is 2.39. The summed E-state index contributed by atoms with van der Waals surface area (Å²) in [6.07, 6.45) is 9.37. The van der Waals surface area contributed by atoms with E-state index >= 15 is 0 Å². The Balaban J connectivity index is 2.05. The number of benzene rings is 1. The molecule has 2 heterocycles. The number of halogens is 1. The first-order valence-electron chi connectivity index (χ1n) is 10.2. The van der Waals surface area contributed by atoms with Crippen molar-refractivity contribution in [2.75, 3.05) is 12.3 Å². The van der Waals surface area contributed by atoms with Gasteiger partial charge in [-0.15, -0.1) is 0 Å². The monoisotopic (exact) mass is 539 g/mol. The van der Waals surface area contributed by atoms with E-state index in [4.69, 9.17) is 10.5 Å². The molecule has 0 bridgehead atoms. The number of hydrogen-bond acceptors (Lipinski definition) is 5.